The van der Waals surface area contributed by atoms with E-state index in [9.17, 15) is 26.7 Å². The molecule has 0 spiro atoms. The molecule has 0 unspecified atom stereocenters. The highest BCUT2D eigenvalue weighted by Crippen LogP contribution is 2.33. The van der Waals surface area contributed by atoms with Gasteiger partial charge in [0, 0.05) is 12.7 Å². The van der Waals surface area contributed by atoms with E-state index in [-0.39, 0.29) is 18.7 Å². The van der Waals surface area contributed by atoms with Crippen LogP contribution in [0.25, 0.3) is 0 Å². The summed E-state index contributed by atoms with van der Waals surface area (Å²) < 4.78 is 67.7. The first-order chi connectivity index (χ1) is 15.6. The zero-order chi connectivity index (χ0) is 24.0. The van der Waals surface area contributed by atoms with Crippen molar-refractivity contribution in [2.75, 3.05) is 0 Å². The number of amidine groups is 1. The van der Waals surface area contributed by atoms with E-state index in [4.69, 9.17) is 5.73 Å². The molecule has 0 atom stereocenters. The number of carbonyl (C=O) groups is 1. The fraction of sp³-hybridized carbons (Fsp3) is 0.143. The van der Waals surface area contributed by atoms with E-state index in [2.05, 4.69) is 20.5 Å². The Balaban J connectivity index is 1.67. The zero-order valence-electron chi connectivity index (χ0n) is 16.9. The Kier molecular flexibility index (Phi) is 7.16. The molecular formula is C21H17F5N6O. The van der Waals surface area contributed by atoms with Crippen LogP contribution in [-0.2, 0) is 19.3 Å². The largest absolute Gasteiger partial charge is 0.416 e. The second kappa shape index (κ2) is 10.0. The average molecular weight is 464 g/mol. The van der Waals surface area contributed by atoms with E-state index in [0.717, 1.165) is 30.3 Å². The topological polar surface area (TPSA) is 98.2 Å². The SMILES string of the molecule is NC(/C=C\NCc1ccc(Cn2nccn2)cc1C(F)(F)F)=NC(=O)c1c(F)cccc1F. The van der Waals surface area contributed by atoms with Gasteiger partial charge < -0.3 is 11.1 Å². The summed E-state index contributed by atoms with van der Waals surface area (Å²) in [6.45, 7) is -0.137. The third-order valence-corrected chi connectivity index (χ3v) is 4.34. The highest BCUT2D eigenvalue weighted by atomic mass is 19.4. The molecule has 0 aliphatic heterocycles. The maximum Gasteiger partial charge on any atom is 0.416 e. The first-order valence-corrected chi connectivity index (χ1v) is 9.40. The van der Waals surface area contributed by atoms with Gasteiger partial charge in [-0.1, -0.05) is 18.2 Å². The third kappa shape index (κ3) is 6.21. The minimum Gasteiger partial charge on any atom is -0.387 e. The van der Waals surface area contributed by atoms with Gasteiger partial charge in [-0.3, -0.25) is 4.79 Å². The van der Waals surface area contributed by atoms with Gasteiger partial charge >= 0.3 is 6.18 Å². The summed E-state index contributed by atoms with van der Waals surface area (Å²) in [5.41, 5.74) is 4.18. The van der Waals surface area contributed by atoms with Crippen LogP contribution in [-0.4, -0.2) is 26.7 Å². The summed E-state index contributed by atoms with van der Waals surface area (Å²) in [7, 11) is 0. The number of aromatic nitrogens is 3. The Labute approximate surface area is 184 Å². The first-order valence-electron chi connectivity index (χ1n) is 9.40. The lowest BCUT2D eigenvalue weighted by molar-refractivity contribution is -0.138. The van der Waals surface area contributed by atoms with Gasteiger partial charge in [0.15, 0.2) is 0 Å². The number of nitrogens with two attached hydrogens (primary N) is 1. The van der Waals surface area contributed by atoms with Crippen LogP contribution < -0.4 is 11.1 Å². The predicted molar refractivity (Wildman–Crippen MR) is 109 cm³/mol. The standard InChI is InChI=1S/C21H17F5N6O/c22-16-2-1-3-17(23)19(16)20(33)31-18(27)6-7-28-11-14-5-4-13(10-15(14)21(24,25)26)12-32-29-8-9-30-32/h1-10,28H,11-12H2,(H2,27,31,33)/b7-6-. The van der Waals surface area contributed by atoms with Gasteiger partial charge in [-0.25, -0.2) is 8.78 Å². The monoisotopic (exact) mass is 464 g/mol. The number of benzene rings is 2. The number of hydrogen-bond donors (Lipinski definition) is 2. The summed E-state index contributed by atoms with van der Waals surface area (Å²) in [4.78, 5) is 16.5. The lowest BCUT2D eigenvalue weighted by Crippen LogP contribution is -2.17. The quantitative estimate of drug-likeness (QED) is 0.317. The van der Waals surface area contributed by atoms with Gasteiger partial charge in [-0.05, 0) is 35.4 Å². The summed E-state index contributed by atoms with van der Waals surface area (Å²) in [6, 6.07) is 6.75. The van der Waals surface area contributed by atoms with E-state index in [0.29, 0.717) is 5.56 Å². The minimum atomic E-state index is -4.59. The number of nitrogens with one attached hydrogen (secondary N) is 1. The van der Waals surface area contributed by atoms with Crippen LogP contribution in [0.2, 0.25) is 0 Å². The molecule has 3 rings (SSSR count). The van der Waals surface area contributed by atoms with Gasteiger partial charge in [0.25, 0.3) is 5.91 Å². The molecule has 3 aromatic rings. The minimum absolute atomic E-state index is 0.0376. The molecule has 0 bridgehead atoms. The van der Waals surface area contributed by atoms with Gasteiger partial charge in [-0.2, -0.15) is 33.2 Å². The first kappa shape index (κ1) is 23.6. The molecule has 0 aliphatic carbocycles. The molecule has 12 heteroatoms. The number of amides is 1. The van der Waals surface area contributed by atoms with Crippen molar-refractivity contribution >= 4 is 11.7 Å². The molecule has 33 heavy (non-hydrogen) atoms. The second-order valence-corrected chi connectivity index (χ2v) is 6.70. The summed E-state index contributed by atoms with van der Waals surface area (Å²) in [5, 5.41) is 10.3. The molecule has 172 valence electrons. The van der Waals surface area contributed by atoms with Crippen LogP contribution >= 0.6 is 0 Å². The Bertz CT molecular complexity index is 1170. The van der Waals surface area contributed by atoms with Crippen molar-refractivity contribution in [1.29, 1.82) is 0 Å². The number of halogens is 5. The molecular weight excluding hydrogens is 447 g/mol. The molecule has 1 aromatic heterocycles. The highest BCUT2D eigenvalue weighted by Gasteiger charge is 2.33. The number of aliphatic imine (C=N–C) groups is 1. The van der Waals surface area contributed by atoms with Crippen molar-refractivity contribution < 1.29 is 26.7 Å². The van der Waals surface area contributed by atoms with E-state index in [1.165, 1.54) is 35.5 Å². The highest BCUT2D eigenvalue weighted by molar-refractivity contribution is 6.06. The number of rotatable bonds is 7. The number of carbonyl (C=O) groups excluding carboxylic acids is 1. The molecule has 2 aromatic carbocycles. The van der Waals surface area contributed by atoms with Crippen molar-refractivity contribution in [1.82, 2.24) is 20.3 Å². The van der Waals surface area contributed by atoms with Gasteiger partial charge in [-0.15, -0.1) is 0 Å². The molecule has 3 N–H and O–H groups in total. The van der Waals surface area contributed by atoms with Gasteiger partial charge in [0.2, 0.25) is 0 Å². The molecule has 0 radical (unpaired) electrons. The predicted octanol–water partition coefficient (Wildman–Crippen LogP) is 3.42. The second-order valence-electron chi connectivity index (χ2n) is 6.70. The van der Waals surface area contributed by atoms with E-state index in [1.807, 2.05) is 0 Å². The fourth-order valence-electron chi connectivity index (χ4n) is 2.85. The van der Waals surface area contributed by atoms with Crippen molar-refractivity contribution in [3.63, 3.8) is 0 Å². The van der Waals surface area contributed by atoms with Crippen LogP contribution in [0.15, 0.2) is 66.1 Å². The van der Waals surface area contributed by atoms with Crippen LogP contribution in [0.4, 0.5) is 22.0 Å². The van der Waals surface area contributed by atoms with Crippen LogP contribution in [0.5, 0.6) is 0 Å². The van der Waals surface area contributed by atoms with E-state index < -0.39 is 40.7 Å². The molecule has 1 amide bonds. The molecule has 1 heterocycles. The third-order valence-electron chi connectivity index (χ3n) is 4.34. The van der Waals surface area contributed by atoms with Crippen molar-refractivity contribution in [3.05, 3.63) is 95.0 Å². The van der Waals surface area contributed by atoms with Gasteiger partial charge in [0.1, 0.15) is 23.0 Å². The number of alkyl halides is 3. The van der Waals surface area contributed by atoms with E-state index >= 15 is 0 Å². The van der Waals surface area contributed by atoms with Crippen LogP contribution in [0, 0.1) is 11.6 Å². The van der Waals surface area contributed by atoms with Crippen LogP contribution in [0.3, 0.4) is 0 Å². The molecule has 0 aliphatic rings. The maximum atomic E-state index is 13.6. The van der Waals surface area contributed by atoms with Crippen molar-refractivity contribution in [2.24, 2.45) is 10.7 Å². The summed E-state index contributed by atoms with van der Waals surface area (Å²) in [6.07, 6.45) is 0.508. The smallest absolute Gasteiger partial charge is 0.387 e. The Morgan fingerprint density at radius 3 is 2.42 bits per heavy atom. The van der Waals surface area contributed by atoms with Gasteiger partial charge in [0.05, 0.1) is 24.5 Å². The molecule has 0 fully saturated rings. The Morgan fingerprint density at radius 1 is 1.12 bits per heavy atom. The normalized spacial score (nSPS) is 12.3. The van der Waals surface area contributed by atoms with E-state index in [1.54, 1.807) is 0 Å². The fourth-order valence-corrected chi connectivity index (χ4v) is 2.85. The Morgan fingerprint density at radius 2 is 1.79 bits per heavy atom. The van der Waals surface area contributed by atoms with Crippen molar-refractivity contribution in [2.45, 2.75) is 19.3 Å². The molecule has 7 nitrogen and oxygen atoms in total. The molecule has 0 saturated carbocycles. The lowest BCUT2D eigenvalue weighted by atomic mass is 10.0. The number of nitrogens with zero attached hydrogens (tertiary/aromatic N) is 4. The summed E-state index contributed by atoms with van der Waals surface area (Å²) >= 11 is 0. The molecule has 0 saturated heterocycles. The Hall–Kier alpha value is -4.09. The maximum absolute atomic E-state index is 13.6. The summed E-state index contributed by atoms with van der Waals surface area (Å²) in [5.74, 6) is -3.81. The van der Waals surface area contributed by atoms with Crippen LogP contribution in [0.1, 0.15) is 27.0 Å². The average Bonchev–Trinajstić information content (AvgIpc) is 3.24. The lowest BCUT2D eigenvalue weighted by Gasteiger charge is -2.14. The number of hydrogen-bond acceptors (Lipinski definition) is 4. The van der Waals surface area contributed by atoms with Crippen molar-refractivity contribution in [3.8, 4) is 0 Å². The zero-order valence-corrected chi connectivity index (χ0v) is 16.9.